The lowest BCUT2D eigenvalue weighted by Crippen LogP contribution is -2.43. The average molecular weight is 440 g/mol. The summed E-state index contributed by atoms with van der Waals surface area (Å²) >= 11 is 1.17. The van der Waals surface area contributed by atoms with Crippen molar-refractivity contribution in [3.05, 3.63) is 22.7 Å². The Kier molecular flexibility index (Phi) is 6.41. The molecule has 162 valence electrons. The van der Waals surface area contributed by atoms with E-state index in [9.17, 15) is 19.2 Å². The van der Waals surface area contributed by atoms with Gasteiger partial charge in [-0.15, -0.1) is 0 Å². The monoisotopic (exact) mass is 440 g/mol. The second-order valence-corrected chi connectivity index (χ2v) is 7.14. The molecule has 13 heteroatoms. The molecule has 0 aromatic carbocycles. The maximum Gasteiger partial charge on any atom is 0.355 e. The van der Waals surface area contributed by atoms with Gasteiger partial charge in [-0.05, 0) is 6.26 Å². The Morgan fingerprint density at radius 2 is 1.80 bits per heavy atom. The van der Waals surface area contributed by atoms with E-state index < -0.39 is 48.1 Å². The van der Waals surface area contributed by atoms with Crippen molar-refractivity contribution in [1.82, 2.24) is 19.2 Å². The number of ether oxygens (including phenoxy) is 4. The van der Waals surface area contributed by atoms with Gasteiger partial charge in [0.05, 0.1) is 6.20 Å². The van der Waals surface area contributed by atoms with Gasteiger partial charge in [-0.1, -0.05) is 11.8 Å². The summed E-state index contributed by atoms with van der Waals surface area (Å²) in [5.74, 6) is -1.91. The van der Waals surface area contributed by atoms with Crippen molar-refractivity contribution < 1.29 is 33.3 Å². The van der Waals surface area contributed by atoms with Crippen LogP contribution in [0, 0.1) is 0 Å². The lowest BCUT2D eigenvalue weighted by molar-refractivity contribution is -0.166. The van der Waals surface area contributed by atoms with Gasteiger partial charge in [0, 0.05) is 26.8 Å². The summed E-state index contributed by atoms with van der Waals surface area (Å²) in [4.78, 5) is 52.1. The Labute approximate surface area is 174 Å². The van der Waals surface area contributed by atoms with Gasteiger partial charge in [0.1, 0.15) is 12.7 Å². The Hall–Kier alpha value is -2.93. The van der Waals surface area contributed by atoms with Gasteiger partial charge in [-0.25, -0.2) is 14.3 Å². The Bertz CT molecular complexity index is 1030. The largest absolute Gasteiger partial charge is 0.463 e. The molecule has 0 saturated carbocycles. The second-order valence-electron chi connectivity index (χ2n) is 6.37. The third-order valence-electron chi connectivity index (χ3n) is 4.20. The van der Waals surface area contributed by atoms with Crippen molar-refractivity contribution in [3.8, 4) is 0 Å². The van der Waals surface area contributed by atoms with E-state index in [0.717, 1.165) is 4.52 Å². The maximum atomic E-state index is 13.1. The molecule has 1 aliphatic heterocycles. The van der Waals surface area contributed by atoms with Crippen LogP contribution in [-0.4, -0.2) is 68.2 Å². The Morgan fingerprint density at radius 3 is 2.40 bits per heavy atom. The van der Waals surface area contributed by atoms with Crippen molar-refractivity contribution in [2.45, 2.75) is 50.5 Å². The summed E-state index contributed by atoms with van der Waals surface area (Å²) in [6, 6.07) is 1.57. The minimum Gasteiger partial charge on any atom is -0.463 e. The van der Waals surface area contributed by atoms with E-state index in [-0.39, 0.29) is 11.8 Å². The van der Waals surface area contributed by atoms with Gasteiger partial charge in [-0.3, -0.25) is 14.4 Å². The first kappa shape index (κ1) is 21.8. The smallest absolute Gasteiger partial charge is 0.355 e. The van der Waals surface area contributed by atoms with Crippen molar-refractivity contribution in [1.29, 1.82) is 0 Å². The van der Waals surface area contributed by atoms with E-state index in [1.54, 1.807) is 12.3 Å². The molecule has 0 aliphatic carbocycles. The standard InChI is InChI=1S/C17H20N4O8S/c1-8(22)26-7-11-13(27-9(2)23)14(28-10(3)24)15(29-11)20-16(30-4)19-12-5-6-18-21(12)17(20)25/h5-6,11,13-15H,7H2,1-4H3/t11-,13-,14-,15-/m1/s1. The van der Waals surface area contributed by atoms with E-state index in [1.165, 1.54) is 43.3 Å². The highest BCUT2D eigenvalue weighted by Gasteiger charge is 2.51. The van der Waals surface area contributed by atoms with Crippen LogP contribution in [-0.2, 0) is 33.3 Å². The number of carbonyl (C=O) groups is 3. The van der Waals surface area contributed by atoms with Gasteiger partial charge >= 0.3 is 23.6 Å². The van der Waals surface area contributed by atoms with Crippen LogP contribution in [0.15, 0.2) is 22.2 Å². The summed E-state index contributed by atoms with van der Waals surface area (Å²) < 4.78 is 23.8. The predicted octanol–water partition coefficient (Wildman–Crippen LogP) is -0.0632. The number of carbonyl (C=O) groups excluding carboxylic acids is 3. The minimum atomic E-state index is -1.20. The third kappa shape index (κ3) is 4.31. The maximum absolute atomic E-state index is 13.1. The molecule has 30 heavy (non-hydrogen) atoms. The van der Waals surface area contributed by atoms with Crippen molar-refractivity contribution >= 4 is 35.3 Å². The topological polar surface area (TPSA) is 140 Å². The van der Waals surface area contributed by atoms with E-state index in [1.807, 2.05) is 0 Å². The lowest BCUT2D eigenvalue weighted by Gasteiger charge is -2.24. The zero-order valence-corrected chi connectivity index (χ0v) is 17.5. The molecule has 3 rings (SSSR count). The fraction of sp³-hybridized carbons (Fsp3) is 0.529. The molecule has 0 spiro atoms. The number of hydrogen-bond donors (Lipinski definition) is 0. The molecule has 1 saturated heterocycles. The summed E-state index contributed by atoms with van der Waals surface area (Å²) in [7, 11) is 0. The van der Waals surface area contributed by atoms with Gasteiger partial charge in [0.15, 0.2) is 29.2 Å². The molecule has 1 aliphatic rings. The molecule has 12 nitrogen and oxygen atoms in total. The van der Waals surface area contributed by atoms with Gasteiger partial charge in [0.2, 0.25) is 0 Å². The van der Waals surface area contributed by atoms with Crippen LogP contribution < -0.4 is 5.69 Å². The van der Waals surface area contributed by atoms with E-state index >= 15 is 0 Å². The normalized spacial score (nSPS) is 23.3. The number of nitrogens with zero attached hydrogens (tertiary/aromatic N) is 4. The molecule has 3 heterocycles. The molecule has 2 aromatic heterocycles. The Balaban J connectivity index is 2.11. The van der Waals surface area contributed by atoms with E-state index in [0.29, 0.717) is 5.65 Å². The summed E-state index contributed by atoms with van der Waals surface area (Å²) in [5, 5.41) is 4.22. The fourth-order valence-corrected chi connectivity index (χ4v) is 3.69. The predicted molar refractivity (Wildman–Crippen MR) is 101 cm³/mol. The summed E-state index contributed by atoms with van der Waals surface area (Å²) in [5.41, 5.74) is -0.262. The SMILES string of the molecule is CSc1nc2ccnn2c(=O)n1[C@@H]1O[C@H](COC(C)=O)[C@@H](OC(C)=O)[C@H]1OC(C)=O. The van der Waals surface area contributed by atoms with Crippen LogP contribution in [0.1, 0.15) is 27.0 Å². The molecule has 0 bridgehead atoms. The van der Waals surface area contributed by atoms with Crippen LogP contribution >= 0.6 is 11.8 Å². The highest BCUT2D eigenvalue weighted by Crippen LogP contribution is 2.35. The number of fused-ring (bicyclic) bond motifs is 1. The molecular weight excluding hydrogens is 420 g/mol. The first-order chi connectivity index (χ1) is 14.2. The molecule has 0 radical (unpaired) electrons. The highest BCUT2D eigenvalue weighted by molar-refractivity contribution is 7.98. The van der Waals surface area contributed by atoms with Crippen LogP contribution in [0.4, 0.5) is 0 Å². The Morgan fingerprint density at radius 1 is 1.13 bits per heavy atom. The third-order valence-corrected chi connectivity index (χ3v) is 4.86. The minimum absolute atomic E-state index is 0.268. The van der Waals surface area contributed by atoms with E-state index in [4.69, 9.17) is 18.9 Å². The van der Waals surface area contributed by atoms with Crippen LogP contribution in [0.5, 0.6) is 0 Å². The first-order valence-corrected chi connectivity index (χ1v) is 10.1. The molecule has 0 amide bonds. The molecule has 4 atom stereocenters. The van der Waals surface area contributed by atoms with Crippen molar-refractivity contribution in [2.75, 3.05) is 12.9 Å². The van der Waals surface area contributed by atoms with Crippen LogP contribution in [0.3, 0.4) is 0 Å². The van der Waals surface area contributed by atoms with E-state index in [2.05, 4.69) is 10.1 Å². The van der Waals surface area contributed by atoms with Crippen molar-refractivity contribution in [2.24, 2.45) is 0 Å². The summed E-state index contributed by atoms with van der Waals surface area (Å²) in [6.45, 7) is 3.29. The van der Waals surface area contributed by atoms with Gasteiger partial charge in [0.25, 0.3) is 0 Å². The quantitative estimate of drug-likeness (QED) is 0.339. The molecule has 0 N–H and O–H groups in total. The van der Waals surface area contributed by atoms with Crippen LogP contribution in [0.25, 0.3) is 5.65 Å². The molecule has 1 fully saturated rings. The first-order valence-electron chi connectivity index (χ1n) is 8.86. The number of rotatable bonds is 6. The average Bonchev–Trinajstić information content (AvgIpc) is 3.25. The zero-order chi connectivity index (χ0) is 22.0. The van der Waals surface area contributed by atoms with Crippen LogP contribution in [0.2, 0.25) is 0 Å². The molecule has 0 unspecified atom stereocenters. The number of thioether (sulfide) groups is 1. The van der Waals surface area contributed by atoms with Gasteiger partial charge in [-0.2, -0.15) is 9.61 Å². The highest BCUT2D eigenvalue weighted by atomic mass is 32.2. The zero-order valence-electron chi connectivity index (χ0n) is 16.6. The summed E-state index contributed by atoms with van der Waals surface area (Å²) in [6.07, 6.45) is -1.36. The van der Waals surface area contributed by atoms with Gasteiger partial charge < -0.3 is 18.9 Å². The molecule has 2 aromatic rings. The molecular formula is C17H20N4O8S. The second kappa shape index (κ2) is 8.83. The lowest BCUT2D eigenvalue weighted by atomic mass is 10.1. The number of esters is 3. The number of aromatic nitrogens is 4. The van der Waals surface area contributed by atoms with Crippen molar-refractivity contribution in [3.63, 3.8) is 0 Å². The fourth-order valence-electron chi connectivity index (χ4n) is 3.13. The number of hydrogen-bond acceptors (Lipinski definition) is 11.